The molecular weight excluding hydrogens is 600 g/mol. The number of carboxylic acids is 2. The zero-order valence-corrected chi connectivity index (χ0v) is 32.6. The van der Waals surface area contributed by atoms with Crippen LogP contribution in [-0.4, -0.2) is 46.6 Å². The molecule has 0 aliphatic heterocycles. The number of aliphatic carboxylic acids is 2. The molecule has 6 nitrogen and oxygen atoms in total. The topological polar surface area (TPSA) is 115 Å². The zero-order valence-electron chi connectivity index (χ0n) is 31.1. The summed E-state index contributed by atoms with van der Waals surface area (Å²) in [5, 5.41) is 31.0. The van der Waals surface area contributed by atoms with E-state index in [0.717, 1.165) is 51.7 Å². The van der Waals surface area contributed by atoms with Gasteiger partial charge < -0.3 is 20.4 Å². The van der Waals surface area contributed by atoms with Gasteiger partial charge in [0.25, 0.3) is 0 Å². The van der Waals surface area contributed by atoms with Crippen LogP contribution in [-0.2, 0) is 31.3 Å². The van der Waals surface area contributed by atoms with Crippen molar-refractivity contribution in [2.24, 2.45) is 11.8 Å². The molecule has 0 radical (unpaired) electrons. The molecule has 0 rings (SSSR count). The van der Waals surface area contributed by atoms with Gasteiger partial charge in [-0.25, -0.2) is 0 Å². The van der Waals surface area contributed by atoms with E-state index in [0.29, 0.717) is 12.8 Å². The molecule has 0 saturated heterocycles. The summed E-state index contributed by atoms with van der Waals surface area (Å²) in [7, 11) is 2.00. The summed E-state index contributed by atoms with van der Waals surface area (Å²) in [4.78, 5) is 20.7. The molecule has 0 atom stereocenters. The number of carboxylic acid groups (broad SMARTS) is 2. The van der Waals surface area contributed by atoms with Crippen LogP contribution in [0.4, 0.5) is 0 Å². The van der Waals surface area contributed by atoms with Crippen LogP contribution in [0.25, 0.3) is 0 Å². The van der Waals surface area contributed by atoms with E-state index in [-0.39, 0.29) is 21.7 Å². The molecule has 0 heterocycles. The maximum Gasteiger partial charge on any atom is 0.303 e. The number of hydrogen-bond donors (Lipinski definition) is 4. The standard InChI is InChI=1S/2C18H36O2.2CH4O.Ti/c2*1-17(2)15-13-11-9-7-5-3-4-6-8-10-12-14-16-18(19)20;2*1-2;/h2*17H,3-16H2,1-2H3,(H,19,20);2*2H,1H3;. The fourth-order valence-electron chi connectivity index (χ4n) is 5.19. The minimum Gasteiger partial charge on any atom is -0.481 e. The third kappa shape index (κ3) is 66.8. The molecule has 0 aromatic rings. The average Bonchev–Trinajstić information content (AvgIpc) is 2.99. The van der Waals surface area contributed by atoms with Gasteiger partial charge in [0, 0.05) is 48.8 Å². The second kappa shape index (κ2) is 50.4. The van der Waals surface area contributed by atoms with Gasteiger partial charge in [-0.2, -0.15) is 0 Å². The van der Waals surface area contributed by atoms with E-state index >= 15 is 0 Å². The van der Waals surface area contributed by atoms with Crippen LogP contribution in [0.3, 0.4) is 0 Å². The van der Waals surface area contributed by atoms with Crippen LogP contribution in [0.15, 0.2) is 0 Å². The van der Waals surface area contributed by atoms with E-state index in [9.17, 15) is 9.59 Å². The summed E-state index contributed by atoms with van der Waals surface area (Å²) in [5.41, 5.74) is 0. The first-order valence-corrected chi connectivity index (χ1v) is 18.6. The minimum absolute atomic E-state index is 0. The second-order valence-corrected chi connectivity index (χ2v) is 13.1. The monoisotopic (exact) mass is 681 g/mol. The van der Waals surface area contributed by atoms with E-state index in [4.69, 9.17) is 20.4 Å². The molecule has 0 bridgehead atoms. The molecule has 7 heteroatoms. The van der Waals surface area contributed by atoms with Crippen LogP contribution in [0.1, 0.15) is 207 Å². The Morgan fingerprint density at radius 1 is 0.356 bits per heavy atom. The van der Waals surface area contributed by atoms with Crippen LogP contribution in [0.5, 0.6) is 0 Å². The summed E-state index contributed by atoms with van der Waals surface area (Å²) >= 11 is 0. The third-order valence-electron chi connectivity index (χ3n) is 7.84. The SMILES string of the molecule is CC(C)CCCCCCCCCCCCCCC(=O)O.CC(C)CCCCCCCCCCCCCCC(=O)O.CO.CO.[Ti]. The summed E-state index contributed by atoms with van der Waals surface area (Å²) in [6.45, 7) is 9.23. The maximum atomic E-state index is 10.3. The van der Waals surface area contributed by atoms with Crippen molar-refractivity contribution >= 4 is 11.9 Å². The van der Waals surface area contributed by atoms with Crippen molar-refractivity contribution in [3.8, 4) is 0 Å². The third-order valence-corrected chi connectivity index (χ3v) is 7.84. The number of carbonyl (C=O) groups is 2. The average molecular weight is 681 g/mol. The summed E-state index contributed by atoms with van der Waals surface area (Å²) in [6.07, 6.45) is 34.6. The number of hydrogen-bond acceptors (Lipinski definition) is 4. The Bertz CT molecular complexity index is 482. The van der Waals surface area contributed by atoms with Gasteiger partial charge in [-0.3, -0.25) is 9.59 Å². The molecule has 45 heavy (non-hydrogen) atoms. The predicted molar refractivity (Wildman–Crippen MR) is 191 cm³/mol. The van der Waals surface area contributed by atoms with Gasteiger partial charge in [-0.05, 0) is 24.7 Å². The fraction of sp³-hybridized carbons (Fsp3) is 0.947. The van der Waals surface area contributed by atoms with Crippen molar-refractivity contribution < 1.29 is 51.7 Å². The van der Waals surface area contributed by atoms with Crippen molar-refractivity contribution in [1.82, 2.24) is 0 Å². The molecule has 0 aliphatic rings. The molecule has 272 valence electrons. The van der Waals surface area contributed by atoms with Crippen LogP contribution < -0.4 is 0 Å². The van der Waals surface area contributed by atoms with Crippen molar-refractivity contribution in [3.05, 3.63) is 0 Å². The number of rotatable bonds is 30. The second-order valence-electron chi connectivity index (χ2n) is 13.1. The van der Waals surface area contributed by atoms with Crippen molar-refractivity contribution in [2.75, 3.05) is 14.2 Å². The summed E-state index contributed by atoms with van der Waals surface area (Å²) in [5.74, 6) is 0.424. The molecule has 0 fully saturated rings. The molecule has 0 amide bonds. The van der Waals surface area contributed by atoms with E-state index in [1.807, 2.05) is 0 Å². The molecular formula is C38H80O6Ti. The number of aliphatic hydroxyl groups is 2. The fourth-order valence-corrected chi connectivity index (χ4v) is 5.19. The Hall–Kier alpha value is -0.426. The van der Waals surface area contributed by atoms with Crippen LogP contribution in [0.2, 0.25) is 0 Å². The maximum absolute atomic E-state index is 10.3. The van der Waals surface area contributed by atoms with E-state index in [2.05, 4.69) is 27.7 Å². The summed E-state index contributed by atoms with van der Waals surface area (Å²) in [6, 6.07) is 0. The number of aliphatic hydroxyl groups excluding tert-OH is 2. The van der Waals surface area contributed by atoms with E-state index in [1.54, 1.807) is 0 Å². The molecule has 0 aromatic heterocycles. The van der Waals surface area contributed by atoms with Gasteiger partial charge in [0.2, 0.25) is 0 Å². The Morgan fingerprint density at radius 3 is 0.667 bits per heavy atom. The Kier molecular flexibility index (Phi) is 60.6. The zero-order chi connectivity index (χ0) is 34.1. The molecule has 4 N–H and O–H groups in total. The van der Waals surface area contributed by atoms with Crippen molar-refractivity contribution in [1.29, 1.82) is 0 Å². The molecule has 0 spiro atoms. The molecule has 0 saturated carbocycles. The van der Waals surface area contributed by atoms with Gasteiger partial charge in [0.05, 0.1) is 0 Å². The van der Waals surface area contributed by atoms with Gasteiger partial charge >= 0.3 is 11.9 Å². The Labute approximate surface area is 296 Å². The van der Waals surface area contributed by atoms with Gasteiger partial charge in [0.15, 0.2) is 0 Å². The Morgan fingerprint density at radius 2 is 0.511 bits per heavy atom. The smallest absolute Gasteiger partial charge is 0.303 e. The molecule has 0 aromatic carbocycles. The Balaban J connectivity index is -0.000000209. The molecule has 0 unspecified atom stereocenters. The number of unbranched alkanes of at least 4 members (excludes halogenated alkanes) is 22. The largest absolute Gasteiger partial charge is 0.481 e. The van der Waals surface area contributed by atoms with Crippen LogP contribution in [0, 0.1) is 11.8 Å². The van der Waals surface area contributed by atoms with E-state index in [1.165, 1.54) is 141 Å². The minimum atomic E-state index is -0.654. The van der Waals surface area contributed by atoms with Crippen molar-refractivity contribution in [2.45, 2.75) is 207 Å². The van der Waals surface area contributed by atoms with Crippen molar-refractivity contribution in [3.63, 3.8) is 0 Å². The first-order chi connectivity index (χ1) is 21.3. The first-order valence-electron chi connectivity index (χ1n) is 18.6. The molecule has 0 aliphatic carbocycles. The quantitative estimate of drug-likeness (QED) is 0.0443. The van der Waals surface area contributed by atoms with Crippen LogP contribution >= 0.6 is 0 Å². The summed E-state index contributed by atoms with van der Waals surface area (Å²) < 4.78 is 0. The predicted octanol–water partition coefficient (Wildman–Crippen LogP) is 11.6. The first kappa shape index (κ1) is 54.0. The van der Waals surface area contributed by atoms with E-state index < -0.39 is 11.9 Å². The van der Waals surface area contributed by atoms with Gasteiger partial charge in [-0.1, -0.05) is 182 Å². The normalized spacial score (nSPS) is 10.2. The van der Waals surface area contributed by atoms with Gasteiger partial charge in [-0.15, -0.1) is 0 Å². The van der Waals surface area contributed by atoms with Gasteiger partial charge in [0.1, 0.15) is 0 Å².